The predicted molar refractivity (Wildman–Crippen MR) is 84.2 cm³/mol. The number of carbonyl (C=O) groups is 1. The minimum atomic E-state index is -4.63. The maximum atomic E-state index is 12.8. The van der Waals surface area contributed by atoms with Crippen LogP contribution in [0.2, 0.25) is 0 Å². The second kappa shape index (κ2) is 6.53. The molecule has 0 unspecified atom stereocenters. The summed E-state index contributed by atoms with van der Waals surface area (Å²) in [5.41, 5.74) is -1.43. The van der Waals surface area contributed by atoms with Gasteiger partial charge < -0.3 is 9.80 Å². The number of rotatable bonds is 3. The van der Waals surface area contributed by atoms with Crippen molar-refractivity contribution in [2.45, 2.75) is 25.4 Å². The van der Waals surface area contributed by atoms with Gasteiger partial charge in [0.25, 0.3) is 5.69 Å². The first kappa shape index (κ1) is 17.5. The minimum Gasteiger partial charge on any atom is -0.364 e. The fraction of sp³-hybridized carbons (Fsp3) is 0.562. The van der Waals surface area contributed by atoms with Crippen molar-refractivity contribution in [3.05, 3.63) is 33.9 Å². The first-order valence-electron chi connectivity index (χ1n) is 8.17. The van der Waals surface area contributed by atoms with Gasteiger partial charge in [0.05, 0.1) is 10.5 Å². The number of nitrogens with zero attached hydrogens (tertiary/aromatic N) is 3. The van der Waals surface area contributed by atoms with Gasteiger partial charge in [0.1, 0.15) is 5.69 Å². The van der Waals surface area contributed by atoms with Crippen LogP contribution in [0.25, 0.3) is 0 Å². The first-order chi connectivity index (χ1) is 11.8. The van der Waals surface area contributed by atoms with Gasteiger partial charge in [-0.25, -0.2) is 0 Å². The van der Waals surface area contributed by atoms with Gasteiger partial charge in [-0.3, -0.25) is 14.9 Å². The Kier molecular flexibility index (Phi) is 4.57. The maximum Gasteiger partial charge on any atom is 0.416 e. The summed E-state index contributed by atoms with van der Waals surface area (Å²) in [6, 6.07) is 2.59. The van der Waals surface area contributed by atoms with Crippen LogP contribution in [-0.4, -0.2) is 41.9 Å². The van der Waals surface area contributed by atoms with Crippen molar-refractivity contribution in [2.24, 2.45) is 5.92 Å². The van der Waals surface area contributed by atoms with Crippen molar-refractivity contribution < 1.29 is 22.9 Å². The van der Waals surface area contributed by atoms with E-state index in [1.54, 1.807) is 9.80 Å². The molecule has 9 heteroatoms. The Balaban J connectivity index is 1.80. The van der Waals surface area contributed by atoms with Gasteiger partial charge in [-0.1, -0.05) is 0 Å². The predicted octanol–water partition coefficient (Wildman–Crippen LogP) is 3.06. The van der Waals surface area contributed by atoms with E-state index in [-0.39, 0.29) is 17.5 Å². The number of anilines is 1. The van der Waals surface area contributed by atoms with E-state index in [2.05, 4.69) is 0 Å². The van der Waals surface area contributed by atoms with E-state index in [0.717, 1.165) is 25.0 Å². The molecule has 1 amide bonds. The molecular weight excluding hydrogens is 339 g/mol. The Morgan fingerprint density at radius 2 is 1.88 bits per heavy atom. The first-order valence-corrected chi connectivity index (χ1v) is 8.17. The van der Waals surface area contributed by atoms with E-state index in [1.807, 2.05) is 0 Å². The molecule has 2 fully saturated rings. The number of nitro groups is 1. The Morgan fingerprint density at radius 3 is 2.48 bits per heavy atom. The molecule has 0 aromatic heterocycles. The largest absolute Gasteiger partial charge is 0.416 e. The summed E-state index contributed by atoms with van der Waals surface area (Å²) in [6.45, 7) is 1.82. The van der Waals surface area contributed by atoms with Crippen molar-refractivity contribution in [3.63, 3.8) is 0 Å². The number of amides is 1. The van der Waals surface area contributed by atoms with Gasteiger partial charge in [-0.05, 0) is 31.4 Å². The van der Waals surface area contributed by atoms with Gasteiger partial charge in [0.2, 0.25) is 5.91 Å². The number of alkyl halides is 3. The van der Waals surface area contributed by atoms with Crippen LogP contribution in [0.15, 0.2) is 18.2 Å². The van der Waals surface area contributed by atoms with Crippen molar-refractivity contribution in [1.29, 1.82) is 0 Å². The molecule has 1 heterocycles. The lowest BCUT2D eigenvalue weighted by Gasteiger charge is -2.24. The van der Waals surface area contributed by atoms with Crippen molar-refractivity contribution in [2.75, 3.05) is 31.1 Å². The van der Waals surface area contributed by atoms with E-state index in [4.69, 9.17) is 0 Å². The molecular formula is C16H18F3N3O3. The van der Waals surface area contributed by atoms with Gasteiger partial charge >= 0.3 is 6.18 Å². The standard InChI is InChI=1S/C16H18F3N3O3/c17-16(18,19)12-4-5-13(14(10-12)22(24)25)20-6-1-7-21(9-8-20)15(23)11-2-3-11/h4-5,10-11H,1-3,6-9H2. The summed E-state index contributed by atoms with van der Waals surface area (Å²) in [6.07, 6.45) is -2.20. The van der Waals surface area contributed by atoms with Gasteiger partial charge in [0.15, 0.2) is 0 Å². The third-order valence-electron chi connectivity index (χ3n) is 4.57. The molecule has 3 rings (SSSR count). The summed E-state index contributed by atoms with van der Waals surface area (Å²) >= 11 is 0. The smallest absolute Gasteiger partial charge is 0.364 e. The molecule has 0 N–H and O–H groups in total. The minimum absolute atomic E-state index is 0.104. The lowest BCUT2D eigenvalue weighted by atomic mass is 10.1. The van der Waals surface area contributed by atoms with Crippen LogP contribution >= 0.6 is 0 Å². The maximum absolute atomic E-state index is 12.8. The summed E-state index contributed by atoms with van der Waals surface area (Å²) in [4.78, 5) is 26.1. The molecule has 0 bridgehead atoms. The average Bonchev–Trinajstić information content (AvgIpc) is 3.39. The molecule has 136 valence electrons. The molecule has 1 aliphatic carbocycles. The van der Waals surface area contributed by atoms with Crippen LogP contribution in [0, 0.1) is 16.0 Å². The second-order valence-electron chi connectivity index (χ2n) is 6.40. The van der Waals surface area contributed by atoms with Crippen LogP contribution < -0.4 is 4.90 Å². The Hall–Kier alpha value is -2.32. The fourth-order valence-electron chi connectivity index (χ4n) is 3.08. The molecule has 6 nitrogen and oxygen atoms in total. The Labute approximate surface area is 142 Å². The molecule has 2 aliphatic rings. The van der Waals surface area contributed by atoms with Crippen LogP contribution in [0.1, 0.15) is 24.8 Å². The van der Waals surface area contributed by atoms with E-state index in [9.17, 15) is 28.1 Å². The highest BCUT2D eigenvalue weighted by molar-refractivity contribution is 5.81. The van der Waals surface area contributed by atoms with Crippen molar-refractivity contribution in [3.8, 4) is 0 Å². The van der Waals surface area contributed by atoms with E-state index < -0.39 is 22.4 Å². The van der Waals surface area contributed by atoms with Crippen LogP contribution in [0.4, 0.5) is 24.5 Å². The molecule has 0 atom stereocenters. The molecule has 1 saturated carbocycles. The molecule has 1 aromatic rings. The summed E-state index contributed by atoms with van der Waals surface area (Å²) in [5.74, 6) is 0.218. The van der Waals surface area contributed by atoms with Gasteiger partial charge in [-0.15, -0.1) is 0 Å². The monoisotopic (exact) mass is 357 g/mol. The van der Waals surface area contributed by atoms with Crippen LogP contribution in [-0.2, 0) is 11.0 Å². The quantitative estimate of drug-likeness (QED) is 0.616. The third kappa shape index (κ3) is 3.85. The zero-order chi connectivity index (χ0) is 18.2. The van der Waals surface area contributed by atoms with Crippen molar-refractivity contribution >= 4 is 17.3 Å². The highest BCUT2D eigenvalue weighted by Gasteiger charge is 2.36. The average molecular weight is 357 g/mol. The van der Waals surface area contributed by atoms with Crippen LogP contribution in [0.5, 0.6) is 0 Å². The van der Waals surface area contributed by atoms with E-state index >= 15 is 0 Å². The van der Waals surface area contributed by atoms with Gasteiger partial charge in [-0.2, -0.15) is 13.2 Å². The number of hydrogen-bond acceptors (Lipinski definition) is 4. The van der Waals surface area contributed by atoms with Crippen LogP contribution in [0.3, 0.4) is 0 Å². The number of hydrogen-bond donors (Lipinski definition) is 0. The Bertz CT molecular complexity index is 689. The van der Waals surface area contributed by atoms with Crippen molar-refractivity contribution in [1.82, 2.24) is 4.90 Å². The third-order valence-corrected chi connectivity index (χ3v) is 4.57. The normalized spacial score (nSPS) is 18.8. The fourth-order valence-corrected chi connectivity index (χ4v) is 3.08. The SMILES string of the molecule is O=C(C1CC1)N1CCCN(c2ccc(C(F)(F)F)cc2[N+](=O)[O-])CC1. The molecule has 1 aliphatic heterocycles. The van der Waals surface area contributed by atoms with Gasteiger partial charge in [0, 0.05) is 38.2 Å². The summed E-state index contributed by atoms with van der Waals surface area (Å²) < 4.78 is 38.4. The second-order valence-corrected chi connectivity index (χ2v) is 6.40. The summed E-state index contributed by atoms with van der Waals surface area (Å²) in [5, 5.41) is 11.2. The molecule has 1 saturated heterocycles. The number of carbonyl (C=O) groups excluding carboxylic acids is 1. The lowest BCUT2D eigenvalue weighted by Crippen LogP contribution is -2.36. The molecule has 25 heavy (non-hydrogen) atoms. The topological polar surface area (TPSA) is 66.7 Å². The highest BCUT2D eigenvalue weighted by Crippen LogP contribution is 2.37. The van der Waals surface area contributed by atoms with E-state index in [0.29, 0.717) is 38.7 Å². The zero-order valence-electron chi connectivity index (χ0n) is 13.5. The number of halogens is 3. The molecule has 0 spiro atoms. The highest BCUT2D eigenvalue weighted by atomic mass is 19.4. The molecule has 0 radical (unpaired) electrons. The van der Waals surface area contributed by atoms with E-state index in [1.165, 1.54) is 0 Å². The summed E-state index contributed by atoms with van der Waals surface area (Å²) in [7, 11) is 0. The zero-order valence-corrected chi connectivity index (χ0v) is 13.5. The molecule has 1 aromatic carbocycles. The number of nitro benzene ring substituents is 1. The Morgan fingerprint density at radius 1 is 1.16 bits per heavy atom. The number of benzene rings is 1. The lowest BCUT2D eigenvalue weighted by molar-refractivity contribution is -0.384.